The average molecular weight is 241 g/mol. The fourth-order valence-corrected chi connectivity index (χ4v) is 1.01. The minimum atomic E-state index is -4.99. The van der Waals surface area contributed by atoms with Crippen molar-refractivity contribution in [3.8, 4) is 11.5 Å². The van der Waals surface area contributed by atoms with Crippen molar-refractivity contribution in [3.63, 3.8) is 0 Å². The van der Waals surface area contributed by atoms with Crippen LogP contribution >= 0.6 is 0 Å². The third-order valence-corrected chi connectivity index (χ3v) is 1.63. The highest BCUT2D eigenvalue weighted by atomic mass is 19.4. The van der Waals surface area contributed by atoms with Gasteiger partial charge in [-0.3, -0.25) is 4.79 Å². The molecule has 0 saturated heterocycles. The number of aromatic nitrogens is 1. The Morgan fingerprint density at radius 1 is 1.38 bits per heavy atom. The quantitative estimate of drug-likeness (QED) is 0.820. The maximum absolute atomic E-state index is 12.3. The summed E-state index contributed by atoms with van der Waals surface area (Å²) in [5.74, 6) is -1.22. The molecule has 1 heterocycles. The van der Waals surface area contributed by atoms with E-state index in [1.807, 2.05) is 4.98 Å². The molecule has 1 rings (SSSR count). The molecule has 1 N–H and O–H groups in total. The minimum absolute atomic E-state index is 0.221. The van der Waals surface area contributed by atoms with Crippen molar-refractivity contribution in [2.45, 2.75) is 13.0 Å². The summed E-state index contributed by atoms with van der Waals surface area (Å²) in [5.41, 5.74) is -1.42. The second-order valence-electron chi connectivity index (χ2n) is 2.69. The van der Waals surface area contributed by atoms with Crippen molar-refractivity contribution in [1.29, 1.82) is 0 Å². The second kappa shape index (κ2) is 4.42. The highest BCUT2D eigenvalue weighted by molar-refractivity contribution is 5.34. The van der Waals surface area contributed by atoms with Crippen LogP contribution in [-0.2, 0) is 6.67 Å². The van der Waals surface area contributed by atoms with Gasteiger partial charge in [0, 0.05) is 6.07 Å². The Hall–Kier alpha value is -1.73. The first-order chi connectivity index (χ1) is 7.37. The largest absolute Gasteiger partial charge is 0.573 e. The number of rotatable bonds is 3. The number of halogens is 4. The van der Waals surface area contributed by atoms with Gasteiger partial charge in [0.05, 0.1) is 12.8 Å². The first-order valence-corrected chi connectivity index (χ1v) is 3.99. The Bertz CT molecular complexity index is 426. The van der Waals surface area contributed by atoms with E-state index >= 15 is 0 Å². The van der Waals surface area contributed by atoms with Gasteiger partial charge in [-0.05, 0) is 0 Å². The van der Waals surface area contributed by atoms with Crippen LogP contribution in [-0.4, -0.2) is 18.5 Å². The molecule has 4 nitrogen and oxygen atoms in total. The molecule has 0 aliphatic heterocycles. The van der Waals surface area contributed by atoms with Crippen LogP contribution in [0.4, 0.5) is 17.6 Å². The maximum Gasteiger partial charge on any atom is 0.573 e. The number of methoxy groups -OCH3 is 1. The molecule has 8 heteroatoms. The molecule has 0 radical (unpaired) electrons. The highest BCUT2D eigenvalue weighted by Gasteiger charge is 2.32. The van der Waals surface area contributed by atoms with Crippen molar-refractivity contribution in [2.75, 3.05) is 7.11 Å². The van der Waals surface area contributed by atoms with E-state index in [0.717, 1.165) is 7.11 Å². The van der Waals surface area contributed by atoms with E-state index in [0.29, 0.717) is 6.07 Å². The van der Waals surface area contributed by atoms with Gasteiger partial charge in [-0.2, -0.15) is 0 Å². The molecule has 0 saturated carbocycles. The third-order valence-electron chi connectivity index (χ3n) is 1.63. The van der Waals surface area contributed by atoms with Gasteiger partial charge in [-0.15, -0.1) is 13.2 Å². The van der Waals surface area contributed by atoms with Crippen molar-refractivity contribution in [2.24, 2.45) is 0 Å². The Morgan fingerprint density at radius 3 is 2.44 bits per heavy atom. The number of alkyl halides is 4. The number of ether oxygens (including phenoxy) is 2. The average Bonchev–Trinajstić information content (AvgIpc) is 2.18. The van der Waals surface area contributed by atoms with Crippen LogP contribution < -0.4 is 15.0 Å². The van der Waals surface area contributed by atoms with Gasteiger partial charge >= 0.3 is 6.36 Å². The lowest BCUT2D eigenvalue weighted by molar-refractivity contribution is -0.275. The predicted molar refractivity (Wildman–Crippen MR) is 45.1 cm³/mol. The maximum atomic E-state index is 12.3. The van der Waals surface area contributed by atoms with Crippen LogP contribution in [0.25, 0.3) is 0 Å². The molecule has 1 aromatic rings. The first kappa shape index (κ1) is 12.3. The molecule has 0 amide bonds. The Kier molecular flexibility index (Phi) is 3.41. The number of pyridine rings is 1. The fraction of sp³-hybridized carbons (Fsp3) is 0.375. The Labute approximate surface area is 86.8 Å². The van der Waals surface area contributed by atoms with Crippen LogP contribution in [0.1, 0.15) is 5.69 Å². The van der Waals surface area contributed by atoms with Gasteiger partial charge in [0.15, 0.2) is 5.75 Å². The molecule has 0 spiro atoms. The van der Waals surface area contributed by atoms with Gasteiger partial charge < -0.3 is 14.5 Å². The third kappa shape index (κ3) is 2.88. The molecule has 0 fully saturated rings. The Morgan fingerprint density at radius 2 is 2.00 bits per heavy atom. The topological polar surface area (TPSA) is 51.3 Å². The van der Waals surface area contributed by atoms with E-state index < -0.39 is 24.3 Å². The minimum Gasteiger partial charge on any atom is -0.495 e. The number of aromatic amines is 1. The zero-order valence-electron chi connectivity index (χ0n) is 8.02. The van der Waals surface area contributed by atoms with E-state index in [-0.39, 0.29) is 11.4 Å². The van der Waals surface area contributed by atoms with Crippen molar-refractivity contribution in [3.05, 3.63) is 22.1 Å². The predicted octanol–water partition coefficient (Wildman–Crippen LogP) is 1.75. The summed E-state index contributed by atoms with van der Waals surface area (Å²) in [4.78, 5) is 12.9. The monoisotopic (exact) mass is 241 g/mol. The molecule has 0 aliphatic rings. The molecule has 0 atom stereocenters. The van der Waals surface area contributed by atoms with Crippen LogP contribution in [0.2, 0.25) is 0 Å². The molecule has 0 aliphatic carbocycles. The zero-order chi connectivity index (χ0) is 12.3. The van der Waals surface area contributed by atoms with Crippen molar-refractivity contribution < 1.29 is 27.0 Å². The first-order valence-electron chi connectivity index (χ1n) is 3.99. The summed E-state index contributed by atoms with van der Waals surface area (Å²) < 4.78 is 55.9. The smallest absolute Gasteiger partial charge is 0.495 e. The number of H-pyrrole nitrogens is 1. The van der Waals surface area contributed by atoms with Gasteiger partial charge in [0.2, 0.25) is 0 Å². The SMILES string of the molecule is COc1cc(OC(F)(F)F)c(=O)[nH]c1CF. The normalized spacial score (nSPS) is 11.3. The van der Waals surface area contributed by atoms with Gasteiger partial charge in [0.25, 0.3) is 5.56 Å². The number of nitrogens with one attached hydrogen (secondary N) is 1. The molecule has 0 aromatic carbocycles. The fourth-order valence-electron chi connectivity index (χ4n) is 1.01. The number of hydrogen-bond acceptors (Lipinski definition) is 3. The molecule has 1 aromatic heterocycles. The van der Waals surface area contributed by atoms with Crippen LogP contribution in [0.3, 0.4) is 0 Å². The lowest BCUT2D eigenvalue weighted by atomic mass is 10.3. The summed E-state index contributed by atoms with van der Waals surface area (Å²) in [6, 6.07) is 0.682. The molecule has 16 heavy (non-hydrogen) atoms. The van der Waals surface area contributed by atoms with Gasteiger partial charge in [-0.25, -0.2) is 4.39 Å². The molecular weight excluding hydrogens is 234 g/mol. The standard InChI is InChI=1S/C8H7F4NO3/c1-15-5-2-6(16-8(10,11)12)7(14)13-4(5)3-9/h2H,3H2,1H3,(H,13,14). The van der Waals surface area contributed by atoms with Crippen LogP contribution in [0.5, 0.6) is 11.5 Å². The summed E-state index contributed by atoms with van der Waals surface area (Å²) in [6.45, 7) is -1.06. The molecular formula is C8H7F4NO3. The summed E-state index contributed by atoms with van der Waals surface area (Å²) in [7, 11) is 1.13. The highest BCUT2D eigenvalue weighted by Crippen LogP contribution is 2.24. The van der Waals surface area contributed by atoms with E-state index in [1.54, 1.807) is 0 Å². The summed E-state index contributed by atoms with van der Waals surface area (Å²) >= 11 is 0. The molecule has 90 valence electrons. The van der Waals surface area contributed by atoms with Gasteiger partial charge in [-0.1, -0.05) is 0 Å². The van der Waals surface area contributed by atoms with Crippen molar-refractivity contribution >= 4 is 0 Å². The van der Waals surface area contributed by atoms with E-state index in [1.165, 1.54) is 0 Å². The second-order valence-corrected chi connectivity index (χ2v) is 2.69. The molecule has 0 unspecified atom stereocenters. The summed E-state index contributed by atoms with van der Waals surface area (Å²) in [6.07, 6.45) is -4.99. The Balaban J connectivity index is 3.17. The molecule has 0 bridgehead atoms. The van der Waals surface area contributed by atoms with Crippen molar-refractivity contribution in [1.82, 2.24) is 4.98 Å². The van der Waals surface area contributed by atoms with Crippen LogP contribution in [0, 0.1) is 0 Å². The van der Waals surface area contributed by atoms with Gasteiger partial charge in [0.1, 0.15) is 12.4 Å². The van der Waals surface area contributed by atoms with E-state index in [2.05, 4.69) is 9.47 Å². The van der Waals surface area contributed by atoms with E-state index in [9.17, 15) is 22.4 Å². The van der Waals surface area contributed by atoms with E-state index in [4.69, 9.17) is 0 Å². The lowest BCUT2D eigenvalue weighted by Gasteiger charge is -2.10. The zero-order valence-corrected chi connectivity index (χ0v) is 8.02. The lowest BCUT2D eigenvalue weighted by Crippen LogP contribution is -2.23. The van der Waals surface area contributed by atoms with Crippen LogP contribution in [0.15, 0.2) is 10.9 Å². The number of hydrogen-bond donors (Lipinski definition) is 1. The summed E-state index contributed by atoms with van der Waals surface area (Å²) in [5, 5.41) is 0.